The first-order valence-corrected chi connectivity index (χ1v) is 14.2. The number of thioether (sulfide) groups is 1. The van der Waals surface area contributed by atoms with Crippen LogP contribution in [0, 0.1) is 0 Å². The lowest BCUT2D eigenvalue weighted by Gasteiger charge is -2.35. The van der Waals surface area contributed by atoms with E-state index in [9.17, 15) is 19.2 Å². The van der Waals surface area contributed by atoms with Crippen molar-refractivity contribution >= 4 is 58.6 Å². The number of nitrogens with zero attached hydrogens (tertiary/aromatic N) is 1. The summed E-state index contributed by atoms with van der Waals surface area (Å²) in [6, 6.07) is 18.8. The second-order valence-corrected chi connectivity index (χ2v) is 11.4. The maximum absolute atomic E-state index is 13.9. The van der Waals surface area contributed by atoms with Crippen LogP contribution in [0.3, 0.4) is 0 Å². The molecule has 3 aromatic carbocycles. The molecule has 1 unspecified atom stereocenters. The van der Waals surface area contributed by atoms with E-state index in [-0.39, 0.29) is 30.5 Å². The van der Waals surface area contributed by atoms with Crippen LogP contribution in [-0.2, 0) is 26.3 Å². The van der Waals surface area contributed by atoms with Gasteiger partial charge >= 0.3 is 6.09 Å². The number of nitrogens with one attached hydrogen (secondary N) is 3. The molecular formula is C29H25ClN4O5S. The van der Waals surface area contributed by atoms with E-state index in [4.69, 9.17) is 16.3 Å². The summed E-state index contributed by atoms with van der Waals surface area (Å²) < 4.78 is 5.78. The normalized spacial score (nSPS) is 20.1. The van der Waals surface area contributed by atoms with Crippen molar-refractivity contribution in [1.29, 1.82) is 0 Å². The summed E-state index contributed by atoms with van der Waals surface area (Å²) in [4.78, 5) is 53.8. The first-order valence-electron chi connectivity index (χ1n) is 12.8. The number of likely N-dealkylation sites (tertiary alicyclic amines) is 1. The van der Waals surface area contributed by atoms with E-state index in [0.717, 1.165) is 16.0 Å². The molecule has 0 aromatic heterocycles. The Balaban J connectivity index is 1.25. The molecule has 0 radical (unpaired) electrons. The standard InChI is InChI=1S/C29H25ClN4O5S/c30-19-7-9-21-20(14-19)29(39-28(38)33-21)10-11-34(16-29)27(37)23(12-17-4-2-1-3-5-17)32-26(36)18-6-8-22-24(13-18)40-15-25(35)31-22/h1-9,13-14,23H,10-12,15-16H2,(H,31,35)(H,32,36)(H,33,38)/t23-,29?/m0/s1. The quantitative estimate of drug-likeness (QED) is 0.414. The Morgan fingerprint density at radius 2 is 1.85 bits per heavy atom. The van der Waals surface area contributed by atoms with Crippen LogP contribution in [0.1, 0.15) is 27.9 Å². The van der Waals surface area contributed by atoms with Crippen molar-refractivity contribution in [3.8, 4) is 0 Å². The smallest absolute Gasteiger partial charge is 0.412 e. The molecule has 0 aliphatic carbocycles. The van der Waals surface area contributed by atoms with E-state index in [1.54, 1.807) is 41.3 Å². The molecule has 6 rings (SSSR count). The minimum absolute atomic E-state index is 0.0871. The lowest BCUT2D eigenvalue weighted by Crippen LogP contribution is -2.50. The van der Waals surface area contributed by atoms with Crippen LogP contribution < -0.4 is 16.0 Å². The minimum Gasteiger partial charge on any atom is -0.436 e. The highest BCUT2D eigenvalue weighted by Gasteiger charge is 2.49. The number of hydrogen-bond donors (Lipinski definition) is 3. The average Bonchev–Trinajstić information content (AvgIpc) is 3.37. The fourth-order valence-corrected chi connectivity index (χ4v) is 6.39. The zero-order chi connectivity index (χ0) is 27.9. The Labute approximate surface area is 239 Å². The Kier molecular flexibility index (Phi) is 6.89. The molecule has 3 N–H and O–H groups in total. The van der Waals surface area contributed by atoms with E-state index in [0.29, 0.717) is 34.9 Å². The van der Waals surface area contributed by atoms with Crippen LogP contribution in [0.15, 0.2) is 71.6 Å². The second kappa shape index (κ2) is 10.5. The molecule has 3 aliphatic heterocycles. The SMILES string of the molecule is O=C1CSc2cc(C(=O)N[C@@H](Cc3ccccc3)C(=O)N3CCC4(C3)OC(=O)Nc3ccc(Cl)cc34)ccc2N1. The van der Waals surface area contributed by atoms with Crippen LogP contribution in [0.4, 0.5) is 16.2 Å². The number of benzene rings is 3. The highest BCUT2D eigenvalue weighted by Crippen LogP contribution is 2.44. The third-order valence-electron chi connectivity index (χ3n) is 7.30. The lowest BCUT2D eigenvalue weighted by atomic mass is 9.90. The van der Waals surface area contributed by atoms with Crippen LogP contribution in [-0.4, -0.2) is 53.6 Å². The largest absolute Gasteiger partial charge is 0.436 e. The summed E-state index contributed by atoms with van der Waals surface area (Å²) in [5, 5.41) is 8.93. The number of ether oxygens (including phenoxy) is 1. The van der Waals surface area contributed by atoms with Gasteiger partial charge in [-0.1, -0.05) is 41.9 Å². The molecule has 3 heterocycles. The summed E-state index contributed by atoms with van der Waals surface area (Å²) in [5.41, 5.74) is 2.24. The fourth-order valence-electron chi connectivity index (χ4n) is 5.37. The summed E-state index contributed by atoms with van der Waals surface area (Å²) in [6.45, 7) is 0.483. The van der Waals surface area contributed by atoms with Crippen molar-refractivity contribution in [3.63, 3.8) is 0 Å². The number of fused-ring (bicyclic) bond motifs is 3. The van der Waals surface area contributed by atoms with Gasteiger partial charge in [-0.25, -0.2) is 4.79 Å². The zero-order valence-electron chi connectivity index (χ0n) is 21.2. The van der Waals surface area contributed by atoms with Gasteiger partial charge in [-0.15, -0.1) is 11.8 Å². The number of halogens is 1. The van der Waals surface area contributed by atoms with Gasteiger partial charge < -0.3 is 20.3 Å². The van der Waals surface area contributed by atoms with E-state index >= 15 is 0 Å². The molecule has 3 aliphatic rings. The Morgan fingerprint density at radius 3 is 2.67 bits per heavy atom. The molecule has 1 saturated heterocycles. The van der Waals surface area contributed by atoms with Crippen LogP contribution in [0.25, 0.3) is 0 Å². The van der Waals surface area contributed by atoms with Gasteiger partial charge in [0.05, 0.1) is 23.7 Å². The summed E-state index contributed by atoms with van der Waals surface area (Å²) in [6.07, 6.45) is 0.105. The minimum atomic E-state index is -1.03. The Bertz CT molecular complexity index is 1530. The maximum Gasteiger partial charge on any atom is 0.412 e. The van der Waals surface area contributed by atoms with Gasteiger partial charge in [-0.05, 0) is 42.0 Å². The van der Waals surface area contributed by atoms with Gasteiger partial charge in [-0.3, -0.25) is 19.7 Å². The molecule has 9 nitrogen and oxygen atoms in total. The van der Waals surface area contributed by atoms with Crippen LogP contribution in [0.2, 0.25) is 5.02 Å². The van der Waals surface area contributed by atoms with Crippen molar-refractivity contribution in [2.24, 2.45) is 0 Å². The van der Waals surface area contributed by atoms with Crippen molar-refractivity contribution in [2.45, 2.75) is 29.4 Å². The average molecular weight is 577 g/mol. The molecule has 40 heavy (non-hydrogen) atoms. The Hall–Kier alpha value is -4.02. The predicted octanol–water partition coefficient (Wildman–Crippen LogP) is 4.42. The van der Waals surface area contributed by atoms with Crippen LogP contribution in [0.5, 0.6) is 0 Å². The number of hydrogen-bond acceptors (Lipinski definition) is 6. The molecule has 3 aromatic rings. The van der Waals surface area contributed by atoms with Crippen molar-refractivity contribution < 1.29 is 23.9 Å². The Morgan fingerprint density at radius 1 is 1.05 bits per heavy atom. The molecule has 1 spiro atoms. The van der Waals surface area contributed by atoms with Gasteiger partial charge in [0.25, 0.3) is 5.91 Å². The number of rotatable bonds is 5. The predicted molar refractivity (Wildman–Crippen MR) is 152 cm³/mol. The lowest BCUT2D eigenvalue weighted by molar-refractivity contribution is -0.133. The number of carbonyl (C=O) groups excluding carboxylic acids is 4. The van der Waals surface area contributed by atoms with E-state index in [2.05, 4.69) is 16.0 Å². The zero-order valence-corrected chi connectivity index (χ0v) is 22.8. The van der Waals surface area contributed by atoms with Gasteiger partial charge in [-0.2, -0.15) is 0 Å². The third-order valence-corrected chi connectivity index (χ3v) is 8.59. The first kappa shape index (κ1) is 26.2. The van der Waals surface area contributed by atoms with Gasteiger partial charge in [0, 0.05) is 40.4 Å². The molecule has 0 saturated carbocycles. The van der Waals surface area contributed by atoms with Crippen molar-refractivity contribution in [2.75, 3.05) is 29.5 Å². The highest BCUT2D eigenvalue weighted by molar-refractivity contribution is 8.00. The van der Waals surface area contributed by atoms with E-state index in [1.165, 1.54) is 11.8 Å². The second-order valence-electron chi connectivity index (χ2n) is 9.97. The van der Waals surface area contributed by atoms with Crippen molar-refractivity contribution in [1.82, 2.24) is 10.2 Å². The summed E-state index contributed by atoms with van der Waals surface area (Å²) in [5.74, 6) is -0.477. The molecular weight excluding hydrogens is 552 g/mol. The van der Waals surface area contributed by atoms with E-state index in [1.807, 2.05) is 30.3 Å². The monoisotopic (exact) mass is 576 g/mol. The maximum atomic E-state index is 13.9. The van der Waals surface area contributed by atoms with Gasteiger partial charge in [0.1, 0.15) is 6.04 Å². The summed E-state index contributed by atoms with van der Waals surface area (Å²) >= 11 is 7.62. The molecule has 204 valence electrons. The molecule has 4 amide bonds. The first-order chi connectivity index (χ1) is 19.3. The van der Waals surface area contributed by atoms with Gasteiger partial charge in [0.2, 0.25) is 11.8 Å². The van der Waals surface area contributed by atoms with E-state index < -0.39 is 23.6 Å². The molecule has 2 atom stereocenters. The topological polar surface area (TPSA) is 117 Å². The number of anilines is 2. The third kappa shape index (κ3) is 5.12. The summed E-state index contributed by atoms with van der Waals surface area (Å²) in [7, 11) is 0. The van der Waals surface area contributed by atoms with Crippen LogP contribution >= 0.6 is 23.4 Å². The fraction of sp³-hybridized carbons (Fsp3) is 0.241. The molecule has 0 bridgehead atoms. The highest BCUT2D eigenvalue weighted by atomic mass is 35.5. The van der Waals surface area contributed by atoms with Gasteiger partial charge in [0.15, 0.2) is 5.60 Å². The molecule has 11 heteroatoms. The van der Waals surface area contributed by atoms with Crippen molar-refractivity contribution in [3.05, 3.63) is 88.4 Å². The number of amides is 4. The number of carbonyl (C=O) groups is 4. The molecule has 1 fully saturated rings.